The van der Waals surface area contributed by atoms with Gasteiger partial charge in [0.05, 0.1) is 11.4 Å². The molecule has 2 heterocycles. The Hall–Kier alpha value is -2.34. The third-order valence-electron chi connectivity index (χ3n) is 6.42. The minimum atomic E-state index is -0.161. The van der Waals surface area contributed by atoms with Crippen LogP contribution in [0, 0.1) is 12.7 Å². The van der Waals surface area contributed by atoms with E-state index in [2.05, 4.69) is 64.1 Å². The lowest BCUT2D eigenvalue weighted by Crippen LogP contribution is -2.46. The Bertz CT molecular complexity index is 1060. The van der Waals surface area contributed by atoms with Crippen molar-refractivity contribution in [3.63, 3.8) is 0 Å². The summed E-state index contributed by atoms with van der Waals surface area (Å²) in [5, 5.41) is 0. The summed E-state index contributed by atoms with van der Waals surface area (Å²) in [5.74, 6) is -0.161. The van der Waals surface area contributed by atoms with E-state index in [9.17, 15) is 4.39 Å². The zero-order chi connectivity index (χ0) is 21.9. The second kappa shape index (κ2) is 9.65. The molecule has 0 saturated carbocycles. The molecule has 0 aromatic heterocycles. The Balaban J connectivity index is 1.16. The van der Waals surface area contributed by atoms with Crippen molar-refractivity contribution in [3.05, 3.63) is 83.7 Å². The molecule has 0 radical (unpaired) electrons. The fraction of sp³-hybridized carbons (Fsp3) is 0.333. The molecule has 0 unspecified atom stereocenters. The minimum Gasteiger partial charge on any atom is -0.340 e. The molecule has 5 heteroatoms. The maximum atomic E-state index is 13.1. The van der Waals surface area contributed by atoms with Gasteiger partial charge in [0.1, 0.15) is 5.82 Å². The molecule has 0 N–H and O–H groups in total. The van der Waals surface area contributed by atoms with E-state index in [1.807, 2.05) is 23.9 Å². The van der Waals surface area contributed by atoms with Crippen LogP contribution in [-0.2, 0) is 6.54 Å². The predicted molar refractivity (Wildman–Crippen MR) is 131 cm³/mol. The van der Waals surface area contributed by atoms with Gasteiger partial charge in [0, 0.05) is 49.1 Å². The second-order valence-corrected chi connectivity index (χ2v) is 9.87. The number of piperazine rings is 1. The highest BCUT2D eigenvalue weighted by molar-refractivity contribution is 7.99. The maximum Gasteiger partial charge on any atom is 0.123 e. The van der Waals surface area contributed by atoms with Gasteiger partial charge in [-0.2, -0.15) is 0 Å². The van der Waals surface area contributed by atoms with Crippen LogP contribution in [-0.4, -0.2) is 49.1 Å². The fourth-order valence-corrected chi connectivity index (χ4v) is 5.73. The molecule has 0 aliphatic carbocycles. The van der Waals surface area contributed by atoms with Crippen LogP contribution in [0.4, 0.5) is 15.8 Å². The van der Waals surface area contributed by atoms with Crippen molar-refractivity contribution >= 4 is 23.1 Å². The monoisotopic (exact) mass is 447 g/mol. The molecule has 3 nitrogen and oxygen atoms in total. The molecular formula is C27H30FN3S. The molecule has 2 aliphatic heterocycles. The number of rotatable bonds is 6. The number of benzene rings is 3. The van der Waals surface area contributed by atoms with Gasteiger partial charge in [0.25, 0.3) is 0 Å². The number of nitrogens with zero attached hydrogens (tertiary/aromatic N) is 3. The lowest BCUT2D eigenvalue weighted by Gasteiger charge is -2.36. The number of hydrogen-bond donors (Lipinski definition) is 0. The Kier molecular flexibility index (Phi) is 6.49. The summed E-state index contributed by atoms with van der Waals surface area (Å²) in [7, 11) is 0. The lowest BCUT2D eigenvalue weighted by atomic mass is 10.1. The number of aryl methyl sites for hydroxylation is 1. The van der Waals surface area contributed by atoms with Crippen molar-refractivity contribution < 1.29 is 4.39 Å². The first kappa shape index (κ1) is 21.5. The van der Waals surface area contributed by atoms with Gasteiger partial charge in [-0.05, 0) is 67.4 Å². The van der Waals surface area contributed by atoms with Crippen LogP contribution >= 0.6 is 11.8 Å². The molecule has 0 amide bonds. The average molecular weight is 448 g/mol. The Morgan fingerprint density at radius 3 is 2.31 bits per heavy atom. The van der Waals surface area contributed by atoms with E-state index in [1.165, 1.54) is 32.3 Å². The number of para-hydroxylation sites is 1. The van der Waals surface area contributed by atoms with Crippen LogP contribution in [0.25, 0.3) is 0 Å². The van der Waals surface area contributed by atoms with E-state index in [-0.39, 0.29) is 5.82 Å². The third kappa shape index (κ3) is 4.85. The molecular weight excluding hydrogens is 417 g/mol. The Labute approximate surface area is 194 Å². The normalized spacial score (nSPS) is 16.6. The van der Waals surface area contributed by atoms with E-state index < -0.39 is 0 Å². The van der Waals surface area contributed by atoms with Crippen molar-refractivity contribution in [2.75, 3.05) is 44.2 Å². The van der Waals surface area contributed by atoms with E-state index >= 15 is 0 Å². The molecule has 3 aromatic carbocycles. The number of hydrogen-bond acceptors (Lipinski definition) is 4. The summed E-state index contributed by atoms with van der Waals surface area (Å²) in [4.78, 5) is 10.3. The summed E-state index contributed by atoms with van der Waals surface area (Å²) in [6, 6.07) is 22.5. The van der Waals surface area contributed by atoms with Gasteiger partial charge in [0.2, 0.25) is 0 Å². The van der Waals surface area contributed by atoms with Gasteiger partial charge >= 0.3 is 0 Å². The summed E-state index contributed by atoms with van der Waals surface area (Å²) >= 11 is 1.88. The highest BCUT2D eigenvalue weighted by Gasteiger charge is 2.23. The lowest BCUT2D eigenvalue weighted by molar-refractivity contribution is 0.126. The van der Waals surface area contributed by atoms with Gasteiger partial charge in [-0.15, -0.1) is 0 Å². The molecule has 0 atom stereocenters. The first-order valence-electron chi connectivity index (χ1n) is 11.5. The SMILES string of the molecule is Cc1ccc2c(c1)N(CCCN1CCN(Cc3ccc(F)cc3)CC1)c1ccccc1S2. The topological polar surface area (TPSA) is 9.72 Å². The van der Waals surface area contributed by atoms with E-state index in [0.29, 0.717) is 0 Å². The smallest absolute Gasteiger partial charge is 0.123 e. The van der Waals surface area contributed by atoms with E-state index in [1.54, 1.807) is 12.1 Å². The number of fused-ring (bicyclic) bond motifs is 2. The van der Waals surface area contributed by atoms with Crippen LogP contribution in [0.3, 0.4) is 0 Å². The van der Waals surface area contributed by atoms with Gasteiger partial charge in [-0.25, -0.2) is 4.39 Å². The van der Waals surface area contributed by atoms with E-state index in [4.69, 9.17) is 0 Å². The molecule has 1 saturated heterocycles. The first-order chi connectivity index (χ1) is 15.7. The summed E-state index contributed by atoms with van der Waals surface area (Å²) < 4.78 is 13.1. The van der Waals surface area contributed by atoms with Gasteiger partial charge in [-0.1, -0.05) is 42.1 Å². The molecule has 32 heavy (non-hydrogen) atoms. The minimum absolute atomic E-state index is 0.161. The van der Waals surface area contributed by atoms with Crippen LogP contribution < -0.4 is 4.90 Å². The van der Waals surface area contributed by atoms with Gasteiger partial charge < -0.3 is 9.80 Å². The van der Waals surface area contributed by atoms with Crippen molar-refractivity contribution in [1.82, 2.24) is 9.80 Å². The summed E-state index contributed by atoms with van der Waals surface area (Å²) in [6.07, 6.45) is 1.14. The molecule has 1 fully saturated rings. The second-order valence-electron chi connectivity index (χ2n) is 8.79. The highest BCUT2D eigenvalue weighted by Crippen LogP contribution is 2.48. The first-order valence-corrected chi connectivity index (χ1v) is 12.3. The third-order valence-corrected chi connectivity index (χ3v) is 7.55. The highest BCUT2D eigenvalue weighted by atomic mass is 32.2. The summed E-state index contributed by atoms with van der Waals surface area (Å²) in [6.45, 7) is 9.58. The molecule has 0 spiro atoms. The molecule has 3 aromatic rings. The molecule has 166 valence electrons. The number of halogens is 1. The van der Waals surface area contributed by atoms with Gasteiger partial charge in [-0.3, -0.25) is 4.90 Å². The van der Waals surface area contributed by atoms with E-state index in [0.717, 1.165) is 52.2 Å². The van der Waals surface area contributed by atoms with Crippen molar-refractivity contribution in [2.24, 2.45) is 0 Å². The van der Waals surface area contributed by atoms with Crippen molar-refractivity contribution in [3.8, 4) is 0 Å². The van der Waals surface area contributed by atoms with Gasteiger partial charge in [0.15, 0.2) is 0 Å². The Morgan fingerprint density at radius 1 is 0.781 bits per heavy atom. The van der Waals surface area contributed by atoms with Crippen LogP contribution in [0.2, 0.25) is 0 Å². The van der Waals surface area contributed by atoms with Crippen molar-refractivity contribution in [1.29, 1.82) is 0 Å². The zero-order valence-electron chi connectivity index (χ0n) is 18.6. The molecule has 2 aliphatic rings. The fourth-order valence-electron chi connectivity index (χ4n) is 4.65. The maximum absolute atomic E-state index is 13.1. The zero-order valence-corrected chi connectivity index (χ0v) is 19.5. The molecule has 5 rings (SSSR count). The molecule has 0 bridgehead atoms. The number of anilines is 2. The van der Waals surface area contributed by atoms with Crippen LogP contribution in [0.5, 0.6) is 0 Å². The predicted octanol–water partition coefficient (Wildman–Crippen LogP) is 5.94. The standard InChI is InChI=1S/C27H30FN3S/c1-21-7-12-27-25(19-21)31(24-5-2-3-6-26(24)32-27)14-4-13-29-15-17-30(18-16-29)20-22-8-10-23(28)11-9-22/h2-3,5-12,19H,4,13-18,20H2,1H3. The van der Waals surface area contributed by atoms with Crippen LogP contribution in [0.15, 0.2) is 76.5 Å². The quantitative estimate of drug-likeness (QED) is 0.462. The average Bonchev–Trinajstić information content (AvgIpc) is 2.81. The van der Waals surface area contributed by atoms with Crippen molar-refractivity contribution in [2.45, 2.75) is 29.7 Å². The summed E-state index contributed by atoms with van der Waals surface area (Å²) in [5.41, 5.74) is 5.18. The largest absolute Gasteiger partial charge is 0.340 e. The Morgan fingerprint density at radius 2 is 1.50 bits per heavy atom. The van der Waals surface area contributed by atoms with Crippen LogP contribution in [0.1, 0.15) is 17.5 Å².